The minimum atomic E-state index is -4.57. The zero-order valence-corrected chi connectivity index (χ0v) is 14.4. The van der Waals surface area contributed by atoms with Crippen molar-refractivity contribution in [2.45, 2.75) is 17.5 Å². The van der Waals surface area contributed by atoms with Crippen LogP contribution in [-0.4, -0.2) is 57.9 Å². The van der Waals surface area contributed by atoms with Gasteiger partial charge in [-0.25, -0.2) is 12.7 Å². The van der Waals surface area contributed by atoms with Crippen molar-refractivity contribution in [3.8, 4) is 0 Å². The summed E-state index contributed by atoms with van der Waals surface area (Å²) >= 11 is 0. The smallest absolute Gasteiger partial charge is 0.359 e. The van der Waals surface area contributed by atoms with Gasteiger partial charge in [0.05, 0.1) is 4.90 Å². The largest absolute Gasteiger partial charge is 0.405 e. The van der Waals surface area contributed by atoms with E-state index in [1.165, 1.54) is 32.3 Å². The van der Waals surface area contributed by atoms with Gasteiger partial charge >= 0.3 is 6.18 Å². The second-order valence-corrected chi connectivity index (χ2v) is 7.12. The monoisotopic (exact) mass is 381 g/mol. The third-order valence-corrected chi connectivity index (χ3v) is 5.04. The van der Waals surface area contributed by atoms with E-state index in [9.17, 15) is 31.2 Å². The van der Waals surface area contributed by atoms with Gasteiger partial charge in [-0.2, -0.15) is 13.2 Å². The van der Waals surface area contributed by atoms with Gasteiger partial charge in [0.25, 0.3) is 5.91 Å². The van der Waals surface area contributed by atoms with Crippen molar-refractivity contribution in [2.75, 3.05) is 27.2 Å². The first-order valence-electron chi connectivity index (χ1n) is 7.09. The zero-order valence-electron chi connectivity index (χ0n) is 13.6. The number of benzene rings is 1. The fourth-order valence-electron chi connectivity index (χ4n) is 1.76. The topological polar surface area (TPSA) is 95.6 Å². The van der Waals surface area contributed by atoms with Gasteiger partial charge < -0.3 is 10.6 Å². The Morgan fingerprint density at radius 1 is 1.24 bits per heavy atom. The van der Waals surface area contributed by atoms with E-state index >= 15 is 0 Å². The Hall–Kier alpha value is -2.14. The van der Waals surface area contributed by atoms with E-state index < -0.39 is 28.7 Å². The molecule has 0 unspecified atom stereocenters. The fraction of sp³-hybridized carbons (Fsp3) is 0.429. The molecule has 0 aliphatic rings. The molecule has 2 N–H and O–H groups in total. The summed E-state index contributed by atoms with van der Waals surface area (Å²) in [6.45, 7) is -1.61. The minimum absolute atomic E-state index is 0.0576. The highest BCUT2D eigenvalue weighted by Crippen LogP contribution is 2.17. The molecule has 0 spiro atoms. The van der Waals surface area contributed by atoms with Crippen molar-refractivity contribution in [1.29, 1.82) is 0 Å². The quantitative estimate of drug-likeness (QED) is 0.728. The van der Waals surface area contributed by atoms with Gasteiger partial charge in [-0.05, 0) is 18.2 Å². The molecule has 1 aromatic rings. The maximum atomic E-state index is 12.4. The Balaban J connectivity index is 2.91. The highest BCUT2D eigenvalue weighted by atomic mass is 32.2. The van der Waals surface area contributed by atoms with Crippen molar-refractivity contribution in [2.24, 2.45) is 0 Å². The van der Waals surface area contributed by atoms with Gasteiger partial charge in [0, 0.05) is 32.6 Å². The Morgan fingerprint density at radius 2 is 1.88 bits per heavy atom. The molecule has 0 atom stereocenters. The summed E-state index contributed by atoms with van der Waals surface area (Å²) in [4.78, 5) is 22.7. The average molecular weight is 381 g/mol. The highest BCUT2D eigenvalue weighted by molar-refractivity contribution is 7.89. The van der Waals surface area contributed by atoms with Crippen LogP contribution >= 0.6 is 0 Å². The molecule has 0 bridgehead atoms. The molecule has 1 aromatic carbocycles. The van der Waals surface area contributed by atoms with E-state index in [1.54, 1.807) is 5.32 Å². The first kappa shape index (κ1) is 20.9. The third kappa shape index (κ3) is 6.35. The van der Waals surface area contributed by atoms with E-state index in [4.69, 9.17) is 0 Å². The van der Waals surface area contributed by atoms with E-state index in [1.807, 2.05) is 0 Å². The van der Waals surface area contributed by atoms with Crippen LogP contribution in [0.2, 0.25) is 0 Å². The normalized spacial score (nSPS) is 12.1. The molecule has 0 aliphatic heterocycles. The summed E-state index contributed by atoms with van der Waals surface area (Å²) in [5.74, 6) is -1.38. The molecular formula is C14H18F3N3O4S. The number of hydrogen-bond acceptors (Lipinski definition) is 4. The molecular weight excluding hydrogens is 363 g/mol. The molecule has 0 aromatic heterocycles. The molecule has 0 saturated carbocycles. The molecule has 7 nitrogen and oxygen atoms in total. The van der Waals surface area contributed by atoms with Crippen LogP contribution in [-0.2, 0) is 14.8 Å². The lowest BCUT2D eigenvalue weighted by molar-refractivity contribution is -0.123. The Kier molecular flexibility index (Phi) is 6.94. The standard InChI is InChI=1S/C14H18F3N3O4S/c1-18-12(21)6-7-20(2)25(23,24)11-5-3-4-10(8-11)13(22)19-9-14(15,16)17/h3-5,8H,6-7,9H2,1-2H3,(H,18,21)(H,19,22). The molecule has 2 amide bonds. The third-order valence-electron chi connectivity index (χ3n) is 3.19. The average Bonchev–Trinajstić information content (AvgIpc) is 2.56. The Bertz CT molecular complexity index is 735. The van der Waals surface area contributed by atoms with Crippen molar-refractivity contribution in [1.82, 2.24) is 14.9 Å². The van der Waals surface area contributed by atoms with E-state index in [0.29, 0.717) is 0 Å². The number of sulfonamides is 1. The van der Waals surface area contributed by atoms with Crippen molar-refractivity contribution in [3.05, 3.63) is 29.8 Å². The first-order valence-corrected chi connectivity index (χ1v) is 8.53. The number of amides is 2. The van der Waals surface area contributed by atoms with Gasteiger partial charge in [0.1, 0.15) is 6.54 Å². The molecule has 1 rings (SSSR count). The lowest BCUT2D eigenvalue weighted by Crippen LogP contribution is -2.34. The van der Waals surface area contributed by atoms with Gasteiger partial charge in [-0.3, -0.25) is 9.59 Å². The van der Waals surface area contributed by atoms with Crippen LogP contribution in [0.25, 0.3) is 0 Å². The summed E-state index contributed by atoms with van der Waals surface area (Å²) in [6.07, 6.45) is -4.63. The van der Waals surface area contributed by atoms with E-state index in [-0.39, 0.29) is 29.3 Å². The predicted molar refractivity (Wildman–Crippen MR) is 83.3 cm³/mol. The predicted octanol–water partition coefficient (Wildman–Crippen LogP) is 0.735. The molecule has 0 aliphatic carbocycles. The molecule has 0 saturated heterocycles. The number of halogens is 3. The van der Waals surface area contributed by atoms with Crippen LogP contribution in [0.3, 0.4) is 0 Å². The number of carbonyl (C=O) groups excluding carboxylic acids is 2. The van der Waals surface area contributed by atoms with Crippen LogP contribution in [0.15, 0.2) is 29.2 Å². The number of nitrogens with zero attached hydrogens (tertiary/aromatic N) is 1. The van der Waals surface area contributed by atoms with Crippen LogP contribution in [0.5, 0.6) is 0 Å². The number of hydrogen-bond donors (Lipinski definition) is 2. The molecule has 0 heterocycles. The molecule has 0 fully saturated rings. The molecule has 0 radical (unpaired) electrons. The number of nitrogens with one attached hydrogen (secondary N) is 2. The molecule has 11 heteroatoms. The summed E-state index contributed by atoms with van der Waals surface area (Å²) < 4.78 is 62.1. The highest BCUT2D eigenvalue weighted by Gasteiger charge is 2.28. The van der Waals surface area contributed by atoms with E-state index in [0.717, 1.165) is 10.4 Å². The SMILES string of the molecule is CNC(=O)CCN(C)S(=O)(=O)c1cccc(C(=O)NCC(F)(F)F)c1. The Morgan fingerprint density at radius 3 is 2.44 bits per heavy atom. The fourth-order valence-corrected chi connectivity index (χ4v) is 2.98. The molecule has 140 valence electrons. The lowest BCUT2D eigenvalue weighted by Gasteiger charge is -2.17. The summed E-state index contributed by atoms with van der Waals surface area (Å²) in [6, 6.07) is 4.65. The van der Waals surface area contributed by atoms with Crippen LogP contribution < -0.4 is 10.6 Å². The van der Waals surface area contributed by atoms with Gasteiger partial charge in [-0.15, -0.1) is 0 Å². The molecule has 25 heavy (non-hydrogen) atoms. The summed E-state index contributed by atoms with van der Waals surface area (Å²) in [5, 5.41) is 4.03. The minimum Gasteiger partial charge on any atom is -0.359 e. The first-order chi connectivity index (χ1) is 11.5. The zero-order chi connectivity index (χ0) is 19.3. The summed E-state index contributed by atoms with van der Waals surface area (Å²) in [7, 11) is -1.32. The number of carbonyl (C=O) groups is 2. The van der Waals surface area contributed by atoms with E-state index in [2.05, 4.69) is 5.32 Å². The second-order valence-electron chi connectivity index (χ2n) is 5.08. The second kappa shape index (κ2) is 8.30. The van der Waals surface area contributed by atoms with Crippen LogP contribution in [0.1, 0.15) is 16.8 Å². The maximum absolute atomic E-state index is 12.4. The Labute approximate surface area is 143 Å². The van der Waals surface area contributed by atoms with Gasteiger partial charge in [0.2, 0.25) is 15.9 Å². The van der Waals surface area contributed by atoms with Crippen LogP contribution in [0.4, 0.5) is 13.2 Å². The van der Waals surface area contributed by atoms with Gasteiger partial charge in [-0.1, -0.05) is 6.07 Å². The van der Waals surface area contributed by atoms with Crippen molar-refractivity contribution < 1.29 is 31.2 Å². The number of rotatable bonds is 7. The number of alkyl halides is 3. The van der Waals surface area contributed by atoms with Crippen molar-refractivity contribution >= 4 is 21.8 Å². The summed E-state index contributed by atoms with van der Waals surface area (Å²) in [5.41, 5.74) is -0.218. The van der Waals surface area contributed by atoms with Crippen LogP contribution in [0, 0.1) is 0 Å². The lowest BCUT2D eigenvalue weighted by atomic mass is 10.2. The van der Waals surface area contributed by atoms with Crippen molar-refractivity contribution in [3.63, 3.8) is 0 Å². The maximum Gasteiger partial charge on any atom is 0.405 e. The van der Waals surface area contributed by atoms with Gasteiger partial charge in [0.15, 0.2) is 0 Å².